The Kier molecular flexibility index (Phi) is 5.02. The normalized spacial score (nSPS) is 13.0. The van der Waals surface area contributed by atoms with Crippen LogP contribution in [0.15, 0.2) is 40.9 Å². The number of nitrogens with one attached hydrogen (secondary N) is 1. The number of aryl methyl sites for hydroxylation is 2. The fourth-order valence-electron chi connectivity index (χ4n) is 3.95. The van der Waals surface area contributed by atoms with Gasteiger partial charge in [0, 0.05) is 39.8 Å². The molecule has 0 atom stereocenters. The number of benzene rings is 2. The lowest BCUT2D eigenvalue weighted by molar-refractivity contribution is -0.116. The first-order chi connectivity index (χ1) is 15.0. The predicted octanol–water partition coefficient (Wildman–Crippen LogP) is 4.60. The van der Waals surface area contributed by atoms with Gasteiger partial charge in [-0.3, -0.25) is 4.79 Å². The number of aromatic nitrogens is 3. The van der Waals surface area contributed by atoms with Crippen molar-refractivity contribution in [3.8, 4) is 11.5 Å². The maximum absolute atomic E-state index is 12.7. The van der Waals surface area contributed by atoms with E-state index in [9.17, 15) is 4.79 Å². The maximum Gasteiger partial charge on any atom is 0.224 e. The second-order valence-corrected chi connectivity index (χ2v) is 8.39. The number of rotatable bonds is 4. The molecule has 158 valence electrons. The minimum absolute atomic E-state index is 0.0816. The van der Waals surface area contributed by atoms with Crippen LogP contribution in [0.5, 0.6) is 11.5 Å². The summed E-state index contributed by atoms with van der Waals surface area (Å²) in [5.41, 5.74) is 5.39. The van der Waals surface area contributed by atoms with Crippen LogP contribution < -0.4 is 14.8 Å². The van der Waals surface area contributed by atoms with E-state index < -0.39 is 0 Å². The number of carbonyl (C=O) groups is 1. The van der Waals surface area contributed by atoms with E-state index in [0.29, 0.717) is 43.2 Å². The molecule has 31 heavy (non-hydrogen) atoms. The topological polar surface area (TPSA) is 77.8 Å². The summed E-state index contributed by atoms with van der Waals surface area (Å²) in [4.78, 5) is 17.5. The van der Waals surface area contributed by atoms with Gasteiger partial charge in [-0.15, -0.1) is 0 Å². The van der Waals surface area contributed by atoms with E-state index in [-0.39, 0.29) is 5.91 Å². The smallest absolute Gasteiger partial charge is 0.224 e. The molecule has 3 heterocycles. The lowest BCUT2D eigenvalue weighted by Crippen LogP contribution is -2.17. The molecule has 0 spiro atoms. The maximum atomic E-state index is 12.7. The molecule has 1 N–H and O–H groups in total. The molecule has 1 aliphatic heterocycles. The largest absolute Gasteiger partial charge is 0.486 e. The van der Waals surface area contributed by atoms with Crippen LogP contribution in [-0.4, -0.2) is 33.7 Å². The van der Waals surface area contributed by atoms with Gasteiger partial charge >= 0.3 is 0 Å². The highest BCUT2D eigenvalue weighted by molar-refractivity contribution is 9.10. The Labute approximate surface area is 187 Å². The van der Waals surface area contributed by atoms with Gasteiger partial charge in [-0.2, -0.15) is 5.10 Å². The third-order valence-electron chi connectivity index (χ3n) is 5.53. The molecule has 2 aromatic heterocycles. The summed E-state index contributed by atoms with van der Waals surface area (Å²) in [5, 5.41) is 8.68. The molecule has 0 saturated heterocycles. The Balaban J connectivity index is 1.36. The number of anilines is 1. The molecule has 0 radical (unpaired) electrons. The van der Waals surface area contributed by atoms with E-state index >= 15 is 0 Å². The molecule has 2 aromatic carbocycles. The third-order valence-corrected chi connectivity index (χ3v) is 6.18. The SMILES string of the molecule is Cc1nc2c3ccccc3nn2c(C)c1CCC(=O)Nc1cc2c(cc1Br)OCCO2. The lowest BCUT2D eigenvalue weighted by Gasteiger charge is -2.20. The summed E-state index contributed by atoms with van der Waals surface area (Å²) in [6.07, 6.45) is 0.904. The number of nitrogens with zero attached hydrogens (tertiary/aromatic N) is 3. The van der Waals surface area contributed by atoms with E-state index in [2.05, 4.69) is 26.3 Å². The summed E-state index contributed by atoms with van der Waals surface area (Å²) >= 11 is 3.50. The van der Waals surface area contributed by atoms with Crippen LogP contribution in [-0.2, 0) is 11.2 Å². The van der Waals surface area contributed by atoms with Gasteiger partial charge in [0.15, 0.2) is 17.1 Å². The molecule has 7 nitrogen and oxygen atoms in total. The van der Waals surface area contributed by atoms with E-state index in [1.165, 1.54) is 0 Å². The number of hydrogen-bond acceptors (Lipinski definition) is 5. The van der Waals surface area contributed by atoms with Crippen LogP contribution in [0.2, 0.25) is 0 Å². The third kappa shape index (κ3) is 3.61. The van der Waals surface area contributed by atoms with Crippen LogP contribution in [0.1, 0.15) is 23.4 Å². The van der Waals surface area contributed by atoms with E-state index in [4.69, 9.17) is 14.5 Å². The predicted molar refractivity (Wildman–Crippen MR) is 122 cm³/mol. The second kappa shape index (κ2) is 7.85. The summed E-state index contributed by atoms with van der Waals surface area (Å²) < 4.78 is 13.8. The first-order valence-electron chi connectivity index (χ1n) is 10.1. The number of fused-ring (bicyclic) bond motifs is 4. The lowest BCUT2D eigenvalue weighted by atomic mass is 10.1. The quantitative estimate of drug-likeness (QED) is 0.461. The highest BCUT2D eigenvalue weighted by Crippen LogP contribution is 2.38. The first-order valence-corrected chi connectivity index (χ1v) is 10.9. The molecule has 1 aliphatic rings. The number of ether oxygens (including phenoxy) is 2. The second-order valence-electron chi connectivity index (χ2n) is 7.54. The van der Waals surface area contributed by atoms with Gasteiger partial charge in [0.25, 0.3) is 0 Å². The molecule has 1 amide bonds. The molecule has 8 heteroatoms. The zero-order valence-electron chi connectivity index (χ0n) is 17.2. The van der Waals surface area contributed by atoms with Gasteiger partial charge in [-0.1, -0.05) is 12.1 Å². The highest BCUT2D eigenvalue weighted by atomic mass is 79.9. The molecule has 4 aromatic rings. The van der Waals surface area contributed by atoms with Crippen molar-refractivity contribution < 1.29 is 14.3 Å². The molecule has 0 unspecified atom stereocenters. The molecular weight excluding hydrogens is 460 g/mol. The summed E-state index contributed by atoms with van der Waals surface area (Å²) in [6, 6.07) is 11.6. The molecule has 0 bridgehead atoms. The summed E-state index contributed by atoms with van der Waals surface area (Å²) in [6.45, 7) is 5.03. The van der Waals surface area contributed by atoms with Gasteiger partial charge in [0.05, 0.1) is 11.2 Å². The van der Waals surface area contributed by atoms with E-state index in [1.807, 2.05) is 48.7 Å². The zero-order valence-corrected chi connectivity index (χ0v) is 18.8. The number of halogens is 1. The van der Waals surface area contributed by atoms with E-state index in [0.717, 1.165) is 38.0 Å². The van der Waals surface area contributed by atoms with Crippen molar-refractivity contribution in [1.29, 1.82) is 0 Å². The molecular formula is C23H21BrN4O3. The van der Waals surface area contributed by atoms with Crippen LogP contribution in [0, 0.1) is 13.8 Å². The van der Waals surface area contributed by atoms with Crippen molar-refractivity contribution >= 4 is 44.1 Å². The van der Waals surface area contributed by atoms with Crippen molar-refractivity contribution in [2.24, 2.45) is 0 Å². The Morgan fingerprint density at radius 2 is 1.90 bits per heavy atom. The zero-order chi connectivity index (χ0) is 21.5. The van der Waals surface area contributed by atoms with Gasteiger partial charge in [0.1, 0.15) is 13.2 Å². The Bertz CT molecular complexity index is 1330. The Morgan fingerprint density at radius 3 is 2.71 bits per heavy atom. The fourth-order valence-corrected chi connectivity index (χ4v) is 4.37. The van der Waals surface area contributed by atoms with Crippen molar-refractivity contribution in [2.75, 3.05) is 18.5 Å². The first kappa shape index (κ1) is 19.8. The summed E-state index contributed by atoms with van der Waals surface area (Å²) in [7, 11) is 0. The van der Waals surface area contributed by atoms with Crippen molar-refractivity contribution in [3.05, 3.63) is 57.8 Å². The monoisotopic (exact) mass is 480 g/mol. The van der Waals surface area contributed by atoms with E-state index in [1.54, 1.807) is 6.07 Å². The van der Waals surface area contributed by atoms with Gasteiger partial charge in [-0.05, 0) is 53.9 Å². The molecule has 0 saturated carbocycles. The van der Waals surface area contributed by atoms with Crippen molar-refractivity contribution in [2.45, 2.75) is 26.7 Å². The fraction of sp³-hybridized carbons (Fsp3) is 0.261. The van der Waals surface area contributed by atoms with Crippen LogP contribution in [0.25, 0.3) is 16.6 Å². The molecule has 0 aliphatic carbocycles. The summed E-state index contributed by atoms with van der Waals surface area (Å²) in [5.74, 6) is 1.23. The van der Waals surface area contributed by atoms with Crippen molar-refractivity contribution in [1.82, 2.24) is 14.6 Å². The Hall–Kier alpha value is -3.13. The average molecular weight is 481 g/mol. The van der Waals surface area contributed by atoms with Crippen LogP contribution in [0.4, 0.5) is 5.69 Å². The van der Waals surface area contributed by atoms with Crippen molar-refractivity contribution in [3.63, 3.8) is 0 Å². The minimum Gasteiger partial charge on any atom is -0.486 e. The average Bonchev–Trinajstić information content (AvgIpc) is 3.13. The molecule has 0 fully saturated rings. The highest BCUT2D eigenvalue weighted by Gasteiger charge is 2.18. The van der Waals surface area contributed by atoms with Crippen LogP contribution >= 0.6 is 15.9 Å². The van der Waals surface area contributed by atoms with Crippen LogP contribution in [0.3, 0.4) is 0 Å². The van der Waals surface area contributed by atoms with Gasteiger partial charge < -0.3 is 14.8 Å². The number of amides is 1. The standard InChI is InChI=1S/C23H21BrN4O3/c1-13-15(14(2)28-23(25-13)16-5-3-4-6-18(16)27-28)7-8-22(29)26-19-12-21-20(11-17(19)24)30-9-10-31-21/h3-6,11-12H,7-10H2,1-2H3,(H,26,29). The molecule has 5 rings (SSSR count). The Morgan fingerprint density at radius 1 is 1.16 bits per heavy atom. The minimum atomic E-state index is -0.0816. The van der Waals surface area contributed by atoms with Gasteiger partial charge in [-0.25, -0.2) is 9.50 Å². The van der Waals surface area contributed by atoms with Gasteiger partial charge in [0.2, 0.25) is 5.91 Å². The number of carbonyl (C=O) groups excluding carboxylic acids is 1. The number of hydrogen-bond donors (Lipinski definition) is 1.